The van der Waals surface area contributed by atoms with Gasteiger partial charge in [-0.05, 0) is 49.6 Å². The molecule has 3 nitrogen and oxygen atoms in total. The summed E-state index contributed by atoms with van der Waals surface area (Å²) in [6.45, 7) is 4.20. The Morgan fingerprint density at radius 3 is 2.60 bits per heavy atom. The van der Waals surface area contributed by atoms with Crippen LogP contribution >= 0.6 is 11.6 Å². The SMILES string of the molecule is C[C@H](N[C@H]1CCCN(c2ccccc2Cl)C1)c1ccc([S@](C)=O)cc1. The first kappa shape index (κ1) is 18.4. The zero-order valence-electron chi connectivity index (χ0n) is 14.7. The molecule has 3 atom stereocenters. The molecule has 0 amide bonds. The minimum absolute atomic E-state index is 0.260. The number of hydrogen-bond acceptors (Lipinski definition) is 3. The van der Waals surface area contributed by atoms with Crippen molar-refractivity contribution in [1.29, 1.82) is 0 Å². The van der Waals surface area contributed by atoms with E-state index < -0.39 is 10.8 Å². The molecule has 134 valence electrons. The molecule has 1 heterocycles. The van der Waals surface area contributed by atoms with Crippen LogP contribution in [0.15, 0.2) is 53.4 Å². The fraction of sp³-hybridized carbons (Fsp3) is 0.400. The average Bonchev–Trinajstić information content (AvgIpc) is 2.62. The molecule has 1 N–H and O–H groups in total. The third-order valence-electron chi connectivity index (χ3n) is 4.81. The van der Waals surface area contributed by atoms with E-state index in [0.717, 1.165) is 35.1 Å². The second-order valence-electron chi connectivity index (χ2n) is 6.65. The lowest BCUT2D eigenvalue weighted by Gasteiger charge is -2.36. The van der Waals surface area contributed by atoms with Crippen molar-refractivity contribution >= 4 is 28.1 Å². The number of benzene rings is 2. The Kier molecular flexibility index (Phi) is 6.15. The molecule has 2 aromatic carbocycles. The molecule has 5 heteroatoms. The molecule has 1 aliphatic heterocycles. The highest BCUT2D eigenvalue weighted by Gasteiger charge is 2.22. The summed E-state index contributed by atoms with van der Waals surface area (Å²) in [5.41, 5.74) is 2.35. The lowest BCUT2D eigenvalue weighted by Crippen LogP contribution is -2.46. The van der Waals surface area contributed by atoms with Gasteiger partial charge < -0.3 is 10.2 Å². The maximum Gasteiger partial charge on any atom is 0.0639 e. The Hall–Kier alpha value is -1.36. The van der Waals surface area contributed by atoms with Crippen LogP contribution in [0.4, 0.5) is 5.69 Å². The first-order chi connectivity index (χ1) is 12.0. The lowest BCUT2D eigenvalue weighted by molar-refractivity contribution is 0.388. The van der Waals surface area contributed by atoms with Gasteiger partial charge >= 0.3 is 0 Å². The van der Waals surface area contributed by atoms with Crippen LogP contribution in [0.2, 0.25) is 5.02 Å². The first-order valence-corrected chi connectivity index (χ1v) is 10.7. The number of rotatable bonds is 5. The minimum Gasteiger partial charge on any atom is -0.369 e. The molecule has 0 radical (unpaired) electrons. The van der Waals surface area contributed by atoms with Crippen LogP contribution in [0.3, 0.4) is 0 Å². The topological polar surface area (TPSA) is 32.3 Å². The number of hydrogen-bond donors (Lipinski definition) is 1. The van der Waals surface area contributed by atoms with Crippen LogP contribution in [0.25, 0.3) is 0 Å². The summed E-state index contributed by atoms with van der Waals surface area (Å²) in [6.07, 6.45) is 4.04. The molecular weight excluding hydrogens is 352 g/mol. The molecular formula is C20H25ClN2OS. The molecule has 1 aliphatic rings. The van der Waals surface area contributed by atoms with Gasteiger partial charge in [-0.15, -0.1) is 0 Å². The van der Waals surface area contributed by atoms with Crippen molar-refractivity contribution in [3.05, 3.63) is 59.1 Å². The summed E-state index contributed by atoms with van der Waals surface area (Å²) in [6, 6.07) is 16.8. The largest absolute Gasteiger partial charge is 0.369 e. The van der Waals surface area contributed by atoms with E-state index in [1.54, 1.807) is 6.26 Å². The smallest absolute Gasteiger partial charge is 0.0639 e. The van der Waals surface area contributed by atoms with Gasteiger partial charge in [-0.2, -0.15) is 0 Å². The Balaban J connectivity index is 1.64. The van der Waals surface area contributed by atoms with Crippen molar-refractivity contribution in [3.63, 3.8) is 0 Å². The number of anilines is 1. The van der Waals surface area contributed by atoms with Gasteiger partial charge in [0.25, 0.3) is 0 Å². The number of nitrogens with zero attached hydrogens (tertiary/aromatic N) is 1. The maximum atomic E-state index is 11.5. The fourth-order valence-electron chi connectivity index (χ4n) is 3.44. The standard InChI is InChI=1S/C20H25ClN2OS/c1-15(16-9-11-18(12-10-16)25(2)24)22-17-6-5-13-23(14-17)20-8-4-3-7-19(20)21/h3-4,7-12,15,17,22H,5-6,13-14H2,1-2H3/t15-,17-,25-/m0/s1. The zero-order chi connectivity index (χ0) is 17.8. The summed E-state index contributed by atoms with van der Waals surface area (Å²) >= 11 is 6.36. The van der Waals surface area contributed by atoms with E-state index in [1.165, 1.54) is 12.0 Å². The van der Waals surface area contributed by atoms with Gasteiger partial charge in [-0.3, -0.25) is 4.21 Å². The third kappa shape index (κ3) is 4.63. The van der Waals surface area contributed by atoms with Crippen molar-refractivity contribution < 1.29 is 4.21 Å². The van der Waals surface area contributed by atoms with Crippen LogP contribution < -0.4 is 10.2 Å². The molecule has 0 bridgehead atoms. The highest BCUT2D eigenvalue weighted by molar-refractivity contribution is 7.84. The molecule has 2 aromatic rings. The Labute approximate surface area is 157 Å². The van der Waals surface area contributed by atoms with Crippen molar-refractivity contribution in [3.8, 4) is 0 Å². The quantitative estimate of drug-likeness (QED) is 0.839. The number of nitrogens with one attached hydrogen (secondary N) is 1. The summed E-state index contributed by atoms with van der Waals surface area (Å²) in [5, 5.41) is 4.56. The molecule has 0 spiro atoms. The normalized spacial score (nSPS) is 20.3. The second-order valence-corrected chi connectivity index (χ2v) is 8.43. The van der Waals surface area contributed by atoms with Gasteiger partial charge in [-0.1, -0.05) is 35.9 Å². The van der Waals surface area contributed by atoms with E-state index >= 15 is 0 Å². The van der Waals surface area contributed by atoms with E-state index in [0.29, 0.717) is 6.04 Å². The Morgan fingerprint density at radius 1 is 1.20 bits per heavy atom. The zero-order valence-corrected chi connectivity index (χ0v) is 16.3. The molecule has 0 aromatic heterocycles. The van der Waals surface area contributed by atoms with Crippen LogP contribution in [0.1, 0.15) is 31.4 Å². The molecule has 1 saturated heterocycles. The van der Waals surface area contributed by atoms with Crippen LogP contribution in [0.5, 0.6) is 0 Å². The van der Waals surface area contributed by atoms with Gasteiger partial charge in [0.1, 0.15) is 0 Å². The van der Waals surface area contributed by atoms with Gasteiger partial charge in [0.15, 0.2) is 0 Å². The monoisotopic (exact) mass is 376 g/mol. The van der Waals surface area contributed by atoms with E-state index in [2.05, 4.69) is 35.3 Å². The van der Waals surface area contributed by atoms with Crippen molar-refractivity contribution in [1.82, 2.24) is 5.32 Å². The number of para-hydroxylation sites is 1. The number of halogens is 1. The summed E-state index contributed by atoms with van der Waals surface area (Å²) in [5.74, 6) is 0. The molecule has 0 saturated carbocycles. The predicted octanol–water partition coefficient (Wildman–Crippen LogP) is 4.40. The molecule has 3 rings (SSSR count). The summed E-state index contributed by atoms with van der Waals surface area (Å²) < 4.78 is 11.5. The van der Waals surface area contributed by atoms with Gasteiger partial charge in [-0.25, -0.2) is 0 Å². The summed E-state index contributed by atoms with van der Waals surface area (Å²) in [7, 11) is -0.925. The number of piperidine rings is 1. The molecule has 0 unspecified atom stereocenters. The lowest BCUT2D eigenvalue weighted by atomic mass is 10.0. The highest BCUT2D eigenvalue weighted by Crippen LogP contribution is 2.28. The summed E-state index contributed by atoms with van der Waals surface area (Å²) in [4.78, 5) is 3.25. The van der Waals surface area contributed by atoms with E-state index in [-0.39, 0.29) is 6.04 Å². The maximum absolute atomic E-state index is 11.5. The van der Waals surface area contributed by atoms with Gasteiger partial charge in [0.05, 0.1) is 10.7 Å². The van der Waals surface area contributed by atoms with Gasteiger partial charge in [0.2, 0.25) is 0 Å². The fourth-order valence-corrected chi connectivity index (χ4v) is 4.21. The third-order valence-corrected chi connectivity index (χ3v) is 6.07. The van der Waals surface area contributed by atoms with E-state index in [4.69, 9.17) is 11.6 Å². The minimum atomic E-state index is -0.925. The van der Waals surface area contributed by atoms with Crippen LogP contribution in [-0.2, 0) is 10.8 Å². The molecule has 25 heavy (non-hydrogen) atoms. The van der Waals surface area contributed by atoms with E-state index in [9.17, 15) is 4.21 Å². The highest BCUT2D eigenvalue weighted by atomic mass is 35.5. The Bertz CT molecular complexity index is 735. The Morgan fingerprint density at radius 2 is 1.92 bits per heavy atom. The average molecular weight is 377 g/mol. The first-order valence-electron chi connectivity index (χ1n) is 8.73. The molecule has 1 fully saturated rings. The van der Waals surface area contributed by atoms with Crippen LogP contribution in [0, 0.1) is 0 Å². The van der Waals surface area contributed by atoms with E-state index in [1.807, 2.05) is 30.3 Å². The van der Waals surface area contributed by atoms with Crippen molar-refractivity contribution in [2.45, 2.75) is 36.7 Å². The second kappa shape index (κ2) is 8.35. The van der Waals surface area contributed by atoms with Crippen molar-refractivity contribution in [2.24, 2.45) is 0 Å². The van der Waals surface area contributed by atoms with Crippen LogP contribution in [-0.4, -0.2) is 29.6 Å². The predicted molar refractivity (Wildman–Crippen MR) is 107 cm³/mol. The van der Waals surface area contributed by atoms with Crippen molar-refractivity contribution in [2.75, 3.05) is 24.2 Å². The van der Waals surface area contributed by atoms with Gasteiger partial charge in [0, 0.05) is 47.1 Å². The molecule has 0 aliphatic carbocycles.